The number of hydrogen-bond acceptors (Lipinski definition) is 5. The number of rotatable bonds is 2. The van der Waals surface area contributed by atoms with Crippen molar-refractivity contribution < 1.29 is 19.7 Å². The molecule has 17 heavy (non-hydrogen) atoms. The second-order valence-corrected chi connectivity index (χ2v) is 4.67. The number of amides is 1. The molecule has 0 aromatic rings. The summed E-state index contributed by atoms with van der Waals surface area (Å²) in [5.74, 6) is -1.74. The molecule has 2 aliphatic heterocycles. The smallest absolute Gasteiger partial charge is 0.252 e. The second kappa shape index (κ2) is 4.29. The van der Waals surface area contributed by atoms with Crippen LogP contribution in [0, 0.1) is 0 Å². The number of nitrogens with zero attached hydrogens (tertiary/aromatic N) is 1. The summed E-state index contributed by atoms with van der Waals surface area (Å²) < 4.78 is 5.59. The number of carbonyl (C=O) groups is 1. The molecule has 6 heteroatoms. The maximum atomic E-state index is 11.4. The van der Waals surface area contributed by atoms with E-state index >= 15 is 0 Å². The van der Waals surface area contributed by atoms with Crippen molar-refractivity contribution in [3.63, 3.8) is 0 Å². The lowest BCUT2D eigenvalue weighted by atomic mass is 10.1. The van der Waals surface area contributed by atoms with Crippen molar-refractivity contribution in [3.05, 3.63) is 11.8 Å². The number of carbonyl (C=O) groups excluding carboxylic acids is 1. The molecule has 2 aliphatic rings. The Morgan fingerprint density at radius 3 is 2.94 bits per heavy atom. The van der Waals surface area contributed by atoms with E-state index in [9.17, 15) is 9.90 Å². The maximum absolute atomic E-state index is 11.4. The summed E-state index contributed by atoms with van der Waals surface area (Å²) in [6, 6.07) is 0. The summed E-state index contributed by atoms with van der Waals surface area (Å²) in [5, 5.41) is 21.7. The Hall–Kier alpha value is -1.11. The Balaban J connectivity index is 2.17. The lowest BCUT2D eigenvalue weighted by Gasteiger charge is -2.43. The Kier molecular flexibility index (Phi) is 3.11. The number of aliphatic hydroxyl groups excluding tert-OH is 1. The molecule has 3 atom stereocenters. The van der Waals surface area contributed by atoms with Crippen LogP contribution in [0.1, 0.15) is 26.7 Å². The maximum Gasteiger partial charge on any atom is 0.252 e. The normalized spacial score (nSPS) is 38.0. The van der Waals surface area contributed by atoms with Crippen LogP contribution in [0.15, 0.2) is 11.8 Å². The largest absolute Gasteiger partial charge is 0.394 e. The molecule has 6 nitrogen and oxygen atoms in total. The molecule has 1 saturated heterocycles. The predicted octanol–water partition coefficient (Wildman–Crippen LogP) is -0.515. The van der Waals surface area contributed by atoms with Crippen LogP contribution in [0.4, 0.5) is 0 Å². The van der Waals surface area contributed by atoms with Gasteiger partial charge in [-0.2, -0.15) is 0 Å². The first kappa shape index (κ1) is 12.3. The molecule has 0 bridgehead atoms. The highest BCUT2D eigenvalue weighted by Crippen LogP contribution is 2.29. The average molecular weight is 242 g/mol. The third-order valence-electron chi connectivity index (χ3n) is 3.14. The van der Waals surface area contributed by atoms with Crippen molar-refractivity contribution in [2.24, 2.45) is 0 Å². The molecular formula is C11H18N2O4. The van der Waals surface area contributed by atoms with Crippen LogP contribution < -0.4 is 5.32 Å². The summed E-state index contributed by atoms with van der Waals surface area (Å²) in [6.45, 7) is 3.15. The van der Waals surface area contributed by atoms with Crippen LogP contribution in [-0.4, -0.2) is 45.8 Å². The fourth-order valence-corrected chi connectivity index (χ4v) is 2.16. The van der Waals surface area contributed by atoms with E-state index in [2.05, 4.69) is 5.32 Å². The van der Waals surface area contributed by atoms with Gasteiger partial charge in [0.2, 0.25) is 5.85 Å². The second-order valence-electron chi connectivity index (χ2n) is 4.67. The molecule has 0 radical (unpaired) electrons. The molecule has 0 aliphatic carbocycles. The van der Waals surface area contributed by atoms with Crippen molar-refractivity contribution >= 4 is 5.91 Å². The zero-order chi connectivity index (χ0) is 12.6. The molecule has 96 valence electrons. The Bertz CT molecular complexity index is 353. The monoisotopic (exact) mass is 242 g/mol. The van der Waals surface area contributed by atoms with E-state index in [4.69, 9.17) is 9.84 Å². The first-order valence-corrected chi connectivity index (χ1v) is 5.72. The lowest BCUT2D eigenvalue weighted by molar-refractivity contribution is -0.182. The van der Waals surface area contributed by atoms with E-state index in [0.717, 1.165) is 6.42 Å². The van der Waals surface area contributed by atoms with Gasteiger partial charge < -0.3 is 25.2 Å². The van der Waals surface area contributed by atoms with Gasteiger partial charge in [0, 0.05) is 18.7 Å². The fourth-order valence-electron chi connectivity index (χ4n) is 2.16. The van der Waals surface area contributed by atoms with Crippen molar-refractivity contribution in [1.82, 2.24) is 10.2 Å². The molecule has 3 unspecified atom stereocenters. The van der Waals surface area contributed by atoms with Gasteiger partial charge in [0.05, 0.1) is 12.7 Å². The van der Waals surface area contributed by atoms with Gasteiger partial charge in [0.1, 0.15) is 6.23 Å². The number of aliphatic hydroxyl groups is 2. The van der Waals surface area contributed by atoms with Gasteiger partial charge in [-0.15, -0.1) is 0 Å². The third-order valence-corrected chi connectivity index (χ3v) is 3.14. The minimum atomic E-state index is -1.45. The summed E-state index contributed by atoms with van der Waals surface area (Å²) >= 11 is 0. The third kappa shape index (κ3) is 2.29. The molecule has 0 saturated carbocycles. The van der Waals surface area contributed by atoms with E-state index in [1.54, 1.807) is 18.0 Å². The van der Waals surface area contributed by atoms with Gasteiger partial charge in [0.25, 0.3) is 5.91 Å². The molecule has 1 amide bonds. The van der Waals surface area contributed by atoms with E-state index in [-0.39, 0.29) is 24.8 Å². The summed E-state index contributed by atoms with van der Waals surface area (Å²) in [4.78, 5) is 13.0. The highest BCUT2D eigenvalue weighted by atomic mass is 16.5. The number of ether oxygens (including phenoxy) is 1. The van der Waals surface area contributed by atoms with E-state index in [1.165, 1.54) is 6.92 Å². The molecule has 2 heterocycles. The highest BCUT2D eigenvalue weighted by molar-refractivity contribution is 5.93. The predicted molar refractivity (Wildman–Crippen MR) is 59.3 cm³/mol. The van der Waals surface area contributed by atoms with Gasteiger partial charge in [-0.25, -0.2) is 0 Å². The fraction of sp³-hybridized carbons (Fsp3) is 0.727. The van der Waals surface area contributed by atoms with Crippen molar-refractivity contribution in [2.75, 3.05) is 6.61 Å². The number of nitrogens with one attached hydrogen (secondary N) is 1. The lowest BCUT2D eigenvalue weighted by Crippen LogP contribution is -2.62. The minimum absolute atomic E-state index is 0.0263. The van der Waals surface area contributed by atoms with Gasteiger partial charge >= 0.3 is 0 Å². The molecule has 1 fully saturated rings. The van der Waals surface area contributed by atoms with E-state index in [1.807, 2.05) is 0 Å². The zero-order valence-corrected chi connectivity index (χ0v) is 10.0. The summed E-state index contributed by atoms with van der Waals surface area (Å²) in [6.07, 6.45) is 2.54. The summed E-state index contributed by atoms with van der Waals surface area (Å²) in [7, 11) is 0. The Morgan fingerprint density at radius 1 is 1.65 bits per heavy atom. The molecule has 0 spiro atoms. The zero-order valence-electron chi connectivity index (χ0n) is 10.0. The van der Waals surface area contributed by atoms with E-state index in [0.29, 0.717) is 12.0 Å². The minimum Gasteiger partial charge on any atom is -0.394 e. The van der Waals surface area contributed by atoms with Crippen LogP contribution in [0.5, 0.6) is 0 Å². The van der Waals surface area contributed by atoms with Gasteiger partial charge in [-0.1, -0.05) is 0 Å². The van der Waals surface area contributed by atoms with Crippen LogP contribution in [0.3, 0.4) is 0 Å². The van der Waals surface area contributed by atoms with Gasteiger partial charge in [-0.3, -0.25) is 4.79 Å². The highest BCUT2D eigenvalue weighted by Gasteiger charge is 2.41. The van der Waals surface area contributed by atoms with Crippen LogP contribution >= 0.6 is 0 Å². The van der Waals surface area contributed by atoms with Crippen molar-refractivity contribution in [2.45, 2.75) is 44.9 Å². The van der Waals surface area contributed by atoms with Crippen molar-refractivity contribution in [1.29, 1.82) is 0 Å². The molecule has 0 aromatic heterocycles. The van der Waals surface area contributed by atoms with Gasteiger partial charge in [-0.05, 0) is 19.8 Å². The first-order valence-electron chi connectivity index (χ1n) is 5.72. The van der Waals surface area contributed by atoms with Crippen LogP contribution in [0.25, 0.3) is 0 Å². The van der Waals surface area contributed by atoms with Crippen LogP contribution in [-0.2, 0) is 9.53 Å². The quantitative estimate of drug-likeness (QED) is 0.607. The Morgan fingerprint density at radius 2 is 2.35 bits per heavy atom. The number of hydrogen-bond donors (Lipinski definition) is 3. The average Bonchev–Trinajstić information content (AvgIpc) is 2.71. The van der Waals surface area contributed by atoms with Gasteiger partial charge in [0.15, 0.2) is 0 Å². The topological polar surface area (TPSA) is 82.0 Å². The summed E-state index contributed by atoms with van der Waals surface area (Å²) in [5.41, 5.74) is 0.521. The molecule has 3 N–H and O–H groups in total. The van der Waals surface area contributed by atoms with Crippen molar-refractivity contribution in [3.8, 4) is 0 Å². The first-order chi connectivity index (χ1) is 7.94. The van der Waals surface area contributed by atoms with E-state index < -0.39 is 5.85 Å². The Labute approximate surface area is 99.9 Å². The molecular weight excluding hydrogens is 224 g/mol. The standard InChI is InChI=1S/C11H18N2O4/c1-7-5-13(11(2,16)12-10(7)15)9-4-3-8(6-14)17-9/h5,8-9,14,16H,3-4,6H2,1-2H3,(H,12,15). The SMILES string of the molecule is CC1=CN(C2CCC(CO)O2)C(C)(O)NC1=O. The molecule has 2 rings (SSSR count). The van der Waals surface area contributed by atoms with Crippen LogP contribution in [0.2, 0.25) is 0 Å². The molecule has 0 aromatic carbocycles.